The highest BCUT2D eigenvalue weighted by Gasteiger charge is 2.37. The van der Waals surface area contributed by atoms with Crippen LogP contribution < -0.4 is 4.72 Å². The van der Waals surface area contributed by atoms with Crippen LogP contribution in [0.2, 0.25) is 0 Å². The topological polar surface area (TPSA) is 66.4 Å². The van der Waals surface area contributed by atoms with Gasteiger partial charge in [-0.3, -0.25) is 0 Å². The van der Waals surface area contributed by atoms with Crippen LogP contribution in [0.15, 0.2) is 48.5 Å². The van der Waals surface area contributed by atoms with Gasteiger partial charge >= 0.3 is 6.18 Å². The van der Waals surface area contributed by atoms with Crippen molar-refractivity contribution in [3.63, 3.8) is 0 Å². The molecule has 2 N–H and O–H groups in total. The van der Waals surface area contributed by atoms with Crippen molar-refractivity contribution in [1.29, 1.82) is 0 Å². The summed E-state index contributed by atoms with van der Waals surface area (Å²) in [6, 6.07) is 11.3. The number of alkyl halides is 3. The lowest BCUT2D eigenvalue weighted by atomic mass is 9.96. The van der Waals surface area contributed by atoms with Crippen LogP contribution in [0.3, 0.4) is 0 Å². The first-order valence-corrected chi connectivity index (χ1v) is 9.69. The summed E-state index contributed by atoms with van der Waals surface area (Å²) < 4.78 is 64.5. The minimum absolute atomic E-state index is 0.174. The first-order chi connectivity index (χ1) is 12.1. The van der Waals surface area contributed by atoms with Gasteiger partial charge in [-0.2, -0.15) is 13.2 Å². The van der Waals surface area contributed by atoms with Gasteiger partial charge in [0.1, 0.15) is 5.60 Å². The molecule has 1 atom stereocenters. The molecule has 3 rings (SSSR count). The third-order valence-corrected chi connectivity index (χ3v) is 5.85. The van der Waals surface area contributed by atoms with E-state index in [4.69, 9.17) is 0 Å². The minimum atomic E-state index is -4.46. The molecule has 0 spiro atoms. The molecule has 2 aromatic carbocycles. The van der Waals surface area contributed by atoms with Gasteiger partial charge in [0.2, 0.25) is 10.0 Å². The number of hydrogen-bond acceptors (Lipinski definition) is 3. The summed E-state index contributed by atoms with van der Waals surface area (Å²) >= 11 is 0. The van der Waals surface area contributed by atoms with Gasteiger partial charge < -0.3 is 5.11 Å². The number of hydrogen-bond donors (Lipinski definition) is 2. The SMILES string of the molecule is O=S(=O)(Cc1ccc(C(F)(F)F)cc1)NCC1(O)CCc2ccccc21. The lowest BCUT2D eigenvalue weighted by Gasteiger charge is -2.24. The van der Waals surface area contributed by atoms with Gasteiger partial charge in [0.25, 0.3) is 0 Å². The fraction of sp³-hybridized carbons (Fsp3) is 0.333. The van der Waals surface area contributed by atoms with Crippen molar-refractivity contribution < 1.29 is 26.7 Å². The highest BCUT2D eigenvalue weighted by atomic mass is 32.2. The monoisotopic (exact) mass is 385 g/mol. The van der Waals surface area contributed by atoms with Crippen LogP contribution in [0.4, 0.5) is 13.2 Å². The van der Waals surface area contributed by atoms with Gasteiger partial charge in [0.15, 0.2) is 0 Å². The molecule has 0 saturated heterocycles. The maximum absolute atomic E-state index is 12.6. The van der Waals surface area contributed by atoms with Crippen LogP contribution in [0.25, 0.3) is 0 Å². The minimum Gasteiger partial charge on any atom is -0.384 e. The van der Waals surface area contributed by atoms with E-state index in [0.29, 0.717) is 18.4 Å². The third kappa shape index (κ3) is 4.08. The summed E-state index contributed by atoms with van der Waals surface area (Å²) in [5.41, 5.74) is -0.175. The zero-order valence-corrected chi connectivity index (χ0v) is 14.6. The molecule has 0 aliphatic heterocycles. The van der Waals surface area contributed by atoms with Crippen molar-refractivity contribution in [3.8, 4) is 0 Å². The Balaban J connectivity index is 1.67. The average molecular weight is 385 g/mol. The first kappa shape index (κ1) is 18.9. The Labute approximate surface area is 149 Å². The second-order valence-electron chi connectivity index (χ2n) is 6.46. The molecule has 0 saturated carbocycles. The lowest BCUT2D eigenvalue weighted by Crippen LogP contribution is -2.39. The molecule has 8 heteroatoms. The van der Waals surface area contributed by atoms with Crippen molar-refractivity contribution in [2.45, 2.75) is 30.4 Å². The van der Waals surface area contributed by atoms with E-state index < -0.39 is 33.1 Å². The molecular formula is C18H18F3NO3S. The molecule has 0 heterocycles. The van der Waals surface area contributed by atoms with Crippen molar-refractivity contribution in [1.82, 2.24) is 4.72 Å². The molecule has 0 amide bonds. The second-order valence-corrected chi connectivity index (χ2v) is 8.27. The number of sulfonamides is 1. The number of aliphatic hydroxyl groups is 1. The van der Waals surface area contributed by atoms with Gasteiger partial charge in [-0.25, -0.2) is 13.1 Å². The lowest BCUT2D eigenvalue weighted by molar-refractivity contribution is -0.137. The largest absolute Gasteiger partial charge is 0.416 e. The highest BCUT2D eigenvalue weighted by molar-refractivity contribution is 7.88. The molecule has 0 bridgehead atoms. The zero-order valence-electron chi connectivity index (χ0n) is 13.8. The summed E-state index contributed by atoms with van der Waals surface area (Å²) in [5.74, 6) is -0.455. The van der Waals surface area contributed by atoms with Crippen molar-refractivity contribution in [3.05, 3.63) is 70.8 Å². The van der Waals surface area contributed by atoms with Crippen molar-refractivity contribution in [2.24, 2.45) is 0 Å². The average Bonchev–Trinajstić information content (AvgIpc) is 2.91. The summed E-state index contributed by atoms with van der Waals surface area (Å²) in [5, 5.41) is 10.7. The number of aryl methyl sites for hydroxylation is 1. The van der Waals surface area contributed by atoms with Crippen LogP contribution in [0, 0.1) is 0 Å². The summed E-state index contributed by atoms with van der Waals surface area (Å²) in [6.45, 7) is -0.174. The molecule has 1 unspecified atom stereocenters. The number of fused-ring (bicyclic) bond motifs is 1. The Morgan fingerprint density at radius 3 is 2.38 bits per heavy atom. The zero-order chi connectivity index (χ0) is 19.0. The van der Waals surface area contributed by atoms with E-state index in [-0.39, 0.29) is 12.1 Å². The predicted molar refractivity (Wildman–Crippen MR) is 90.7 cm³/mol. The molecule has 0 aromatic heterocycles. The Kier molecular flexibility index (Phi) is 4.85. The van der Waals surface area contributed by atoms with E-state index in [0.717, 1.165) is 29.8 Å². The molecule has 26 heavy (non-hydrogen) atoms. The van der Waals surface area contributed by atoms with Crippen LogP contribution in [0.1, 0.15) is 28.7 Å². The van der Waals surface area contributed by atoms with E-state index in [2.05, 4.69) is 4.72 Å². The summed E-state index contributed by atoms with van der Waals surface area (Å²) in [4.78, 5) is 0. The van der Waals surface area contributed by atoms with E-state index in [1.807, 2.05) is 12.1 Å². The Bertz CT molecular complexity index is 895. The van der Waals surface area contributed by atoms with Crippen LogP contribution >= 0.6 is 0 Å². The standard InChI is InChI=1S/C18H18F3NO3S/c19-18(20,21)15-7-5-13(6-8-15)11-26(24,25)22-12-17(23)10-9-14-3-1-2-4-16(14)17/h1-8,22-23H,9-12H2. The Morgan fingerprint density at radius 2 is 1.73 bits per heavy atom. The maximum atomic E-state index is 12.6. The van der Waals surface area contributed by atoms with Crippen LogP contribution in [0.5, 0.6) is 0 Å². The van der Waals surface area contributed by atoms with E-state index in [9.17, 15) is 26.7 Å². The van der Waals surface area contributed by atoms with Gasteiger partial charge in [-0.15, -0.1) is 0 Å². The Morgan fingerprint density at radius 1 is 1.08 bits per heavy atom. The second kappa shape index (κ2) is 6.68. The molecule has 2 aromatic rings. The van der Waals surface area contributed by atoms with E-state index in [1.165, 1.54) is 0 Å². The van der Waals surface area contributed by atoms with E-state index >= 15 is 0 Å². The molecular weight excluding hydrogens is 367 g/mol. The number of halogens is 3. The van der Waals surface area contributed by atoms with Gasteiger partial charge in [-0.05, 0) is 41.7 Å². The highest BCUT2D eigenvalue weighted by Crippen LogP contribution is 2.36. The van der Waals surface area contributed by atoms with Crippen LogP contribution in [-0.2, 0) is 34.0 Å². The fourth-order valence-electron chi connectivity index (χ4n) is 3.14. The maximum Gasteiger partial charge on any atom is 0.416 e. The van der Waals surface area contributed by atoms with Gasteiger partial charge in [0.05, 0.1) is 11.3 Å². The smallest absolute Gasteiger partial charge is 0.384 e. The van der Waals surface area contributed by atoms with Crippen molar-refractivity contribution >= 4 is 10.0 Å². The van der Waals surface area contributed by atoms with Gasteiger partial charge in [0, 0.05) is 6.54 Å². The van der Waals surface area contributed by atoms with E-state index in [1.54, 1.807) is 12.1 Å². The quantitative estimate of drug-likeness (QED) is 0.832. The van der Waals surface area contributed by atoms with Crippen LogP contribution in [-0.4, -0.2) is 20.1 Å². The molecule has 1 aliphatic carbocycles. The van der Waals surface area contributed by atoms with Gasteiger partial charge in [-0.1, -0.05) is 36.4 Å². The molecule has 0 fully saturated rings. The summed E-state index contributed by atoms with van der Waals surface area (Å²) in [7, 11) is -3.80. The normalized spacial score (nSPS) is 20.2. The van der Waals surface area contributed by atoms with Crippen molar-refractivity contribution in [2.75, 3.05) is 6.54 Å². The Hall–Kier alpha value is -1.90. The summed E-state index contributed by atoms with van der Waals surface area (Å²) in [6.07, 6.45) is -3.39. The molecule has 1 aliphatic rings. The molecule has 140 valence electrons. The first-order valence-electron chi connectivity index (χ1n) is 8.03. The predicted octanol–water partition coefficient (Wildman–Crippen LogP) is 2.96. The number of rotatable bonds is 5. The third-order valence-electron chi connectivity index (χ3n) is 4.55. The number of benzene rings is 2. The number of nitrogens with one attached hydrogen (secondary N) is 1. The fourth-order valence-corrected chi connectivity index (χ4v) is 4.33. The molecule has 4 nitrogen and oxygen atoms in total. The molecule has 0 radical (unpaired) electrons.